The first-order chi connectivity index (χ1) is 18.1. The number of benzene rings is 1. The van der Waals surface area contributed by atoms with E-state index < -0.39 is 23.2 Å². The molecule has 1 amide bonds. The summed E-state index contributed by atoms with van der Waals surface area (Å²) in [5, 5.41) is 2.77. The zero-order valence-corrected chi connectivity index (χ0v) is 21.7. The molecule has 1 N–H and O–H groups in total. The number of hydrogen-bond donors (Lipinski definition) is 1. The molecule has 1 saturated carbocycles. The zero-order chi connectivity index (χ0) is 27.0. The van der Waals surface area contributed by atoms with Crippen LogP contribution in [0.15, 0.2) is 42.7 Å². The molecule has 1 aromatic carbocycles. The van der Waals surface area contributed by atoms with Crippen molar-refractivity contribution in [1.82, 2.24) is 15.2 Å². The van der Waals surface area contributed by atoms with Gasteiger partial charge in [-0.05, 0) is 111 Å². The van der Waals surface area contributed by atoms with Crippen LogP contribution in [0.1, 0.15) is 74.5 Å². The van der Waals surface area contributed by atoms with Crippen LogP contribution in [0.4, 0.5) is 17.6 Å². The molecule has 0 spiro atoms. The molecular weight excluding hydrogens is 498 g/mol. The second kappa shape index (κ2) is 10.6. The molecule has 9 heteroatoms. The van der Waals surface area contributed by atoms with Crippen molar-refractivity contribution in [3.05, 3.63) is 65.2 Å². The molecule has 2 aromatic rings. The lowest BCUT2D eigenvalue weighted by Crippen LogP contribution is -2.57. The van der Waals surface area contributed by atoms with Crippen LogP contribution in [0, 0.1) is 11.2 Å². The van der Waals surface area contributed by atoms with Crippen molar-refractivity contribution < 1.29 is 27.1 Å². The fourth-order valence-corrected chi connectivity index (χ4v) is 6.07. The van der Waals surface area contributed by atoms with E-state index in [9.17, 15) is 22.4 Å². The fraction of sp³-hybridized carbons (Fsp3) is 0.586. The van der Waals surface area contributed by atoms with Gasteiger partial charge < -0.3 is 10.1 Å². The highest BCUT2D eigenvalue weighted by Crippen LogP contribution is 2.53. The van der Waals surface area contributed by atoms with E-state index in [0.29, 0.717) is 31.4 Å². The topological polar surface area (TPSA) is 54.5 Å². The van der Waals surface area contributed by atoms with Crippen LogP contribution in [0.2, 0.25) is 0 Å². The molecule has 2 aliphatic heterocycles. The first-order valence-electron chi connectivity index (χ1n) is 13.5. The second-order valence-corrected chi connectivity index (χ2v) is 11.6. The molecule has 5 rings (SSSR count). The highest BCUT2D eigenvalue weighted by Gasteiger charge is 2.52. The Bertz CT molecular complexity index is 1120. The Hall–Kier alpha value is -2.52. The Kier molecular flexibility index (Phi) is 7.52. The van der Waals surface area contributed by atoms with Crippen molar-refractivity contribution in [3.63, 3.8) is 0 Å². The normalized spacial score (nSPS) is 26.2. The third-order valence-corrected chi connectivity index (χ3v) is 8.62. The van der Waals surface area contributed by atoms with Crippen LogP contribution in [0.25, 0.3) is 0 Å². The van der Waals surface area contributed by atoms with Gasteiger partial charge >= 0.3 is 6.18 Å². The average Bonchev–Trinajstić information content (AvgIpc) is 3.63. The van der Waals surface area contributed by atoms with Crippen LogP contribution in [0.5, 0.6) is 0 Å². The lowest BCUT2D eigenvalue weighted by molar-refractivity contribution is -0.165. The van der Waals surface area contributed by atoms with E-state index in [1.807, 2.05) is 12.4 Å². The largest absolute Gasteiger partial charge is 0.416 e. The summed E-state index contributed by atoms with van der Waals surface area (Å²) < 4.78 is 59.6. The van der Waals surface area contributed by atoms with E-state index in [4.69, 9.17) is 4.74 Å². The summed E-state index contributed by atoms with van der Waals surface area (Å²) in [6.45, 7) is 4.34. The molecule has 5 nitrogen and oxygen atoms in total. The Morgan fingerprint density at radius 1 is 1.11 bits per heavy atom. The number of amides is 1. The Morgan fingerprint density at radius 2 is 1.82 bits per heavy atom. The van der Waals surface area contributed by atoms with Crippen molar-refractivity contribution in [1.29, 1.82) is 0 Å². The molecule has 3 heterocycles. The van der Waals surface area contributed by atoms with Gasteiger partial charge in [-0.25, -0.2) is 4.39 Å². The number of piperidine rings is 1. The third-order valence-electron chi connectivity index (χ3n) is 8.62. The highest BCUT2D eigenvalue weighted by molar-refractivity contribution is 5.85. The number of carbonyl (C=O) groups is 1. The number of carbonyl (C=O) groups excluding carboxylic acids is 1. The minimum absolute atomic E-state index is 0.0371. The maximum absolute atomic E-state index is 13.8. The van der Waals surface area contributed by atoms with Crippen molar-refractivity contribution in [3.8, 4) is 0 Å². The first-order valence-corrected chi connectivity index (χ1v) is 13.5. The maximum Gasteiger partial charge on any atom is 0.416 e. The molecule has 38 heavy (non-hydrogen) atoms. The molecule has 3 fully saturated rings. The SMILES string of the molecule is CC1(CC2(C(=O)NCc3cc(F)cc(C(F)(F)F)c3)CCC(N3CCC(c4ccncc4)CC3)CO2)CC1. The Balaban J connectivity index is 1.21. The summed E-state index contributed by atoms with van der Waals surface area (Å²) in [6.07, 6.45) is 5.16. The van der Waals surface area contributed by atoms with Gasteiger partial charge in [-0.2, -0.15) is 13.2 Å². The van der Waals surface area contributed by atoms with Gasteiger partial charge in [0.1, 0.15) is 11.4 Å². The molecule has 206 valence electrons. The van der Waals surface area contributed by atoms with Gasteiger partial charge in [0.05, 0.1) is 12.2 Å². The molecular formula is C29H35F4N3O2. The number of ether oxygens (including phenoxy) is 1. The van der Waals surface area contributed by atoms with E-state index in [1.165, 1.54) is 5.56 Å². The monoisotopic (exact) mass is 533 g/mol. The lowest BCUT2D eigenvalue weighted by atomic mass is 9.81. The number of nitrogens with zero attached hydrogens (tertiary/aromatic N) is 2. The van der Waals surface area contributed by atoms with Gasteiger partial charge in [0, 0.05) is 25.0 Å². The van der Waals surface area contributed by atoms with Gasteiger partial charge in [0.2, 0.25) is 0 Å². The molecule has 0 radical (unpaired) electrons. The smallest absolute Gasteiger partial charge is 0.364 e. The van der Waals surface area contributed by atoms with E-state index in [0.717, 1.165) is 57.3 Å². The van der Waals surface area contributed by atoms with Gasteiger partial charge in [-0.1, -0.05) is 6.92 Å². The van der Waals surface area contributed by atoms with Crippen molar-refractivity contribution in [2.75, 3.05) is 19.7 Å². The average molecular weight is 534 g/mol. The number of alkyl halides is 3. The maximum atomic E-state index is 13.8. The fourth-order valence-electron chi connectivity index (χ4n) is 6.07. The summed E-state index contributed by atoms with van der Waals surface area (Å²) in [6, 6.07) is 6.78. The number of rotatable bonds is 7. The zero-order valence-electron chi connectivity index (χ0n) is 21.7. The summed E-state index contributed by atoms with van der Waals surface area (Å²) in [4.78, 5) is 20.1. The summed E-state index contributed by atoms with van der Waals surface area (Å²) in [5.41, 5.74) is -0.642. The second-order valence-electron chi connectivity index (χ2n) is 11.6. The standard InChI is InChI=1S/C29H35F4N3O2/c1-27(8-9-27)19-28(26(37)35-17-20-14-23(29(31,32)33)16-24(30)15-20)7-2-25(18-38-28)36-12-5-22(6-13-36)21-3-10-34-11-4-21/h3-4,10-11,14-16,22,25H,2,5-9,12-13,17-19H2,1H3,(H,35,37). The molecule has 2 atom stereocenters. The number of aromatic nitrogens is 1. The van der Waals surface area contributed by atoms with Gasteiger partial charge in [-0.15, -0.1) is 0 Å². The van der Waals surface area contributed by atoms with Crippen LogP contribution >= 0.6 is 0 Å². The minimum Gasteiger partial charge on any atom is -0.364 e. The predicted octanol–water partition coefficient (Wildman–Crippen LogP) is 5.84. The van der Waals surface area contributed by atoms with E-state index >= 15 is 0 Å². The van der Waals surface area contributed by atoms with Gasteiger partial charge in [0.15, 0.2) is 0 Å². The molecule has 1 aromatic heterocycles. The molecule has 2 saturated heterocycles. The summed E-state index contributed by atoms with van der Waals surface area (Å²) in [7, 11) is 0. The van der Waals surface area contributed by atoms with E-state index in [1.54, 1.807) is 0 Å². The molecule has 3 aliphatic rings. The number of halogens is 4. The van der Waals surface area contributed by atoms with Crippen molar-refractivity contribution in [2.45, 2.75) is 82.2 Å². The quantitative estimate of drug-likeness (QED) is 0.454. The molecule has 0 bridgehead atoms. The highest BCUT2D eigenvalue weighted by atomic mass is 19.4. The van der Waals surface area contributed by atoms with Gasteiger partial charge in [0.25, 0.3) is 5.91 Å². The molecule has 1 aliphatic carbocycles. The Morgan fingerprint density at radius 3 is 2.42 bits per heavy atom. The van der Waals surface area contributed by atoms with E-state index in [2.05, 4.69) is 34.3 Å². The van der Waals surface area contributed by atoms with E-state index in [-0.39, 0.29) is 29.5 Å². The number of nitrogens with one attached hydrogen (secondary N) is 1. The lowest BCUT2D eigenvalue weighted by Gasteiger charge is -2.45. The summed E-state index contributed by atoms with van der Waals surface area (Å²) in [5.74, 6) is -0.772. The van der Waals surface area contributed by atoms with Crippen molar-refractivity contribution >= 4 is 5.91 Å². The number of hydrogen-bond acceptors (Lipinski definition) is 4. The number of likely N-dealkylation sites (tertiary alicyclic amines) is 1. The Labute approximate surface area is 221 Å². The molecule has 2 unspecified atom stereocenters. The minimum atomic E-state index is -4.66. The van der Waals surface area contributed by atoms with Crippen LogP contribution in [0.3, 0.4) is 0 Å². The van der Waals surface area contributed by atoms with Crippen molar-refractivity contribution in [2.24, 2.45) is 5.41 Å². The predicted molar refractivity (Wildman–Crippen MR) is 135 cm³/mol. The van der Waals surface area contributed by atoms with Crippen LogP contribution < -0.4 is 5.32 Å². The summed E-state index contributed by atoms with van der Waals surface area (Å²) >= 11 is 0. The van der Waals surface area contributed by atoms with Gasteiger partial charge in [-0.3, -0.25) is 14.7 Å². The van der Waals surface area contributed by atoms with Crippen LogP contribution in [-0.4, -0.2) is 47.1 Å². The third kappa shape index (κ3) is 6.20. The first kappa shape index (κ1) is 27.1. The number of pyridine rings is 1. The van der Waals surface area contributed by atoms with Crippen LogP contribution in [-0.2, 0) is 22.3 Å².